The van der Waals surface area contributed by atoms with Crippen LogP contribution in [0.25, 0.3) is 0 Å². The van der Waals surface area contributed by atoms with Gasteiger partial charge in [0.15, 0.2) is 17.4 Å². The molecule has 0 aromatic carbocycles. The van der Waals surface area contributed by atoms with E-state index in [1.54, 1.807) is 0 Å². The summed E-state index contributed by atoms with van der Waals surface area (Å²) in [6.07, 6.45) is 0. The average Bonchev–Trinajstić information content (AvgIpc) is 0. The minimum absolute atomic E-state index is 0. The van der Waals surface area contributed by atoms with E-state index in [9.17, 15) is 0 Å². The van der Waals surface area contributed by atoms with E-state index in [1.807, 2.05) is 0 Å². The van der Waals surface area contributed by atoms with Crippen molar-refractivity contribution in [2.45, 2.75) is 0 Å². The monoisotopic (exact) mass is 327 g/mol. The van der Waals surface area contributed by atoms with Crippen LogP contribution < -0.4 is 0 Å². The first-order valence-electron chi connectivity index (χ1n) is 0. The average molecular weight is 327 g/mol. The van der Waals surface area contributed by atoms with Gasteiger partial charge in [0.25, 0.3) is 0 Å². The maximum absolute atomic E-state index is 0. The molecule has 0 saturated heterocycles. The molecular weight excluding hydrogens is 324 g/mol. The second-order valence-electron chi connectivity index (χ2n) is 0. The molecule has 0 aromatic heterocycles. The summed E-state index contributed by atoms with van der Waals surface area (Å²) in [6, 6.07) is 0. The Hall–Kier alpha value is 2.23. The van der Waals surface area contributed by atoms with Crippen molar-refractivity contribution in [3.8, 4) is 0 Å². The Labute approximate surface area is 71.3 Å². The first-order valence-corrected chi connectivity index (χ1v) is 0. The Balaban J connectivity index is 0. The first-order chi connectivity index (χ1) is 0. The summed E-state index contributed by atoms with van der Waals surface area (Å²) >= 11 is 0. The fraction of sp³-hybridized carbons (Fsp3) is 0. The van der Waals surface area contributed by atoms with Crippen molar-refractivity contribution < 1.29 is 54.6 Å². The van der Waals surface area contributed by atoms with Crippen LogP contribution in [0.4, 0.5) is 0 Å². The van der Waals surface area contributed by atoms with Crippen molar-refractivity contribution >= 4 is 17.4 Å². The van der Waals surface area contributed by atoms with E-state index in [0.717, 1.165) is 0 Å². The summed E-state index contributed by atoms with van der Waals surface area (Å²) in [5, 5.41) is 0. The van der Waals surface area contributed by atoms with Crippen LogP contribution in [0.1, 0.15) is 0 Å². The molecule has 0 rings (SSSR count). The van der Waals surface area contributed by atoms with Crippen LogP contribution in [0, 0.1) is 0 Å². The summed E-state index contributed by atoms with van der Waals surface area (Å²) in [4.78, 5) is 0. The molecule has 0 aliphatic rings. The Morgan fingerprint density at radius 2 is 1.00 bits per heavy atom. The summed E-state index contributed by atoms with van der Waals surface area (Å²) in [5.74, 6) is 0. The van der Waals surface area contributed by atoms with Crippen molar-refractivity contribution in [1.82, 2.24) is 0 Å². The van der Waals surface area contributed by atoms with E-state index in [2.05, 4.69) is 0 Å². The molecule has 0 fully saturated rings. The van der Waals surface area contributed by atoms with Crippen LogP contribution in [0.3, 0.4) is 0 Å². The van der Waals surface area contributed by atoms with E-state index in [1.165, 1.54) is 0 Å². The van der Waals surface area contributed by atoms with Gasteiger partial charge in [-0.2, -0.15) is 0 Å². The zero-order valence-corrected chi connectivity index (χ0v) is 6.20. The Morgan fingerprint density at radius 3 is 1.00 bits per heavy atom. The topological polar surface area (TPSA) is 0 Å². The van der Waals surface area contributed by atoms with Gasteiger partial charge in [0, 0.05) is 54.6 Å². The smallest absolute Gasteiger partial charge is 0 e. The summed E-state index contributed by atoms with van der Waals surface area (Å²) < 4.78 is 0. The number of rotatable bonds is 0. The molecule has 4 heavy (non-hydrogen) atoms. The molecule has 0 unspecified atom stereocenters. The van der Waals surface area contributed by atoms with Gasteiger partial charge in [-0.3, -0.25) is 0 Å². The van der Waals surface area contributed by atoms with Gasteiger partial charge in [0.1, 0.15) is 0 Å². The molecule has 0 aliphatic carbocycles. The van der Waals surface area contributed by atoms with E-state index in [-0.39, 0.29) is 72.0 Å². The van der Waals surface area contributed by atoms with Gasteiger partial charge >= 0.3 is 0 Å². The number of hydrogen-bond donors (Lipinski definition) is 0. The Morgan fingerprint density at radius 1 is 1.00 bits per heavy atom. The Bertz CT molecular complexity index is 8.00. The van der Waals surface area contributed by atoms with Crippen LogP contribution in [-0.2, 0) is 54.6 Å². The fourth-order valence-corrected chi connectivity index (χ4v) is 0. The molecule has 0 aromatic rings. The van der Waals surface area contributed by atoms with Crippen molar-refractivity contribution in [3.63, 3.8) is 0 Å². The maximum atomic E-state index is 0. The van der Waals surface area contributed by atoms with Crippen molar-refractivity contribution in [3.05, 3.63) is 0 Å². The third kappa shape index (κ3) is 8.87. The summed E-state index contributed by atoms with van der Waals surface area (Å²) in [5.41, 5.74) is 0. The zero-order chi connectivity index (χ0) is 0. The largest absolute Gasteiger partial charge is 0.187 e. The zero-order valence-electron chi connectivity index (χ0n) is 1.10. The fourth-order valence-electron chi connectivity index (χ4n) is 0. The van der Waals surface area contributed by atoms with Crippen LogP contribution in [0.15, 0.2) is 0 Å². The maximum Gasteiger partial charge on any atom is 0.187 e. The van der Waals surface area contributed by atoms with Gasteiger partial charge in [-0.05, 0) is 0 Å². The first kappa shape index (κ1) is 34.2. The van der Waals surface area contributed by atoms with Crippen LogP contribution in [0.2, 0.25) is 0 Å². The van der Waals surface area contributed by atoms with E-state index < -0.39 is 0 Å². The summed E-state index contributed by atoms with van der Waals surface area (Å²) in [6.45, 7) is 0. The van der Waals surface area contributed by atoms with Crippen LogP contribution in [0.5, 0.6) is 0 Å². The molecule has 0 amide bonds. The second-order valence-corrected chi connectivity index (χ2v) is 0. The molecule has 0 N–H and O–H groups in total. The van der Waals surface area contributed by atoms with Gasteiger partial charge < -0.3 is 0 Å². The molecule has 0 bridgehead atoms. The van der Waals surface area contributed by atoms with Crippen molar-refractivity contribution in [1.29, 1.82) is 0 Å². The minimum Gasteiger partial charge on any atom is 0 e. The van der Waals surface area contributed by atoms with Gasteiger partial charge in [-0.25, -0.2) is 0 Å². The molecule has 0 saturated carbocycles. The molecule has 1 radical (unpaired) electrons. The number of hydrogen-bond acceptors (Lipinski definition) is 0. The molecular formula is H3AlMnNiW. The van der Waals surface area contributed by atoms with Crippen molar-refractivity contribution in [2.24, 2.45) is 0 Å². The minimum atomic E-state index is 0. The Kier molecular flexibility index (Phi) is 161. The van der Waals surface area contributed by atoms with Gasteiger partial charge in [-0.15, -0.1) is 0 Å². The predicted molar refractivity (Wildman–Crippen MR) is 9.94 cm³/mol. The van der Waals surface area contributed by atoms with E-state index in [4.69, 9.17) is 0 Å². The van der Waals surface area contributed by atoms with Gasteiger partial charge in [-0.1, -0.05) is 0 Å². The van der Waals surface area contributed by atoms with E-state index >= 15 is 0 Å². The van der Waals surface area contributed by atoms with Crippen LogP contribution >= 0.6 is 0 Å². The van der Waals surface area contributed by atoms with Crippen LogP contribution in [-0.4, -0.2) is 17.4 Å². The molecule has 4 heteroatoms. The normalized spacial score (nSPS) is 0. The van der Waals surface area contributed by atoms with Gasteiger partial charge in [0.2, 0.25) is 0 Å². The molecule has 29 valence electrons. The third-order valence-electron chi connectivity index (χ3n) is 0. The standard InChI is InChI=1S/Al.Mn.Ni.W.3H. The third-order valence-corrected chi connectivity index (χ3v) is 0. The molecule has 0 heterocycles. The second kappa shape index (κ2) is 18.8. The predicted octanol–water partition coefficient (Wildman–Crippen LogP) is -1.19. The SMILES string of the molecule is [AlH3].[Mn].[Ni].[W]. The quantitative estimate of drug-likeness (QED) is 0.491. The molecule has 0 spiro atoms. The van der Waals surface area contributed by atoms with Crippen molar-refractivity contribution in [2.75, 3.05) is 0 Å². The molecule has 0 nitrogen and oxygen atoms in total. The van der Waals surface area contributed by atoms with Gasteiger partial charge in [0.05, 0.1) is 0 Å². The van der Waals surface area contributed by atoms with E-state index in [0.29, 0.717) is 0 Å². The molecule has 0 aliphatic heterocycles. The summed E-state index contributed by atoms with van der Waals surface area (Å²) in [7, 11) is 0. The molecule has 0 atom stereocenters.